The summed E-state index contributed by atoms with van der Waals surface area (Å²) in [6.07, 6.45) is 0. The molecule has 0 saturated heterocycles. The van der Waals surface area contributed by atoms with Gasteiger partial charge in [-0.05, 0) is 25.1 Å². The van der Waals surface area contributed by atoms with Crippen molar-refractivity contribution in [3.8, 4) is 0 Å². The Kier molecular flexibility index (Phi) is 4.50. The first-order valence-electron chi connectivity index (χ1n) is 7.24. The van der Waals surface area contributed by atoms with Gasteiger partial charge in [-0.2, -0.15) is 0 Å². The zero-order valence-corrected chi connectivity index (χ0v) is 14.1. The fourth-order valence-corrected chi connectivity index (χ4v) is 3.61. The van der Waals surface area contributed by atoms with E-state index in [1.54, 1.807) is 11.0 Å². The topological polar surface area (TPSA) is 53.2 Å². The minimum Gasteiger partial charge on any atom is -0.334 e. The number of aromatic nitrogens is 1. The van der Waals surface area contributed by atoms with E-state index in [1.165, 1.54) is 17.4 Å². The van der Waals surface area contributed by atoms with Gasteiger partial charge in [0.25, 0.3) is 5.91 Å². The maximum atomic E-state index is 12.9. The van der Waals surface area contributed by atoms with Gasteiger partial charge >= 0.3 is 0 Å². The molecule has 0 aliphatic heterocycles. The highest BCUT2D eigenvalue weighted by molar-refractivity contribution is 7.16. The number of H-pyrrole nitrogens is 1. The number of fused-ring (bicyclic) bond motifs is 1. The van der Waals surface area contributed by atoms with Crippen molar-refractivity contribution in [3.05, 3.63) is 67.6 Å². The summed E-state index contributed by atoms with van der Waals surface area (Å²) in [5, 5.41) is 0.750. The molecule has 0 aliphatic rings. The van der Waals surface area contributed by atoms with Gasteiger partial charge in [-0.3, -0.25) is 9.59 Å². The second-order valence-corrected chi connectivity index (χ2v) is 6.92. The van der Waals surface area contributed by atoms with E-state index in [0.29, 0.717) is 28.5 Å². The second-order valence-electron chi connectivity index (χ2n) is 5.12. The summed E-state index contributed by atoms with van der Waals surface area (Å²) in [5.74, 6) is -0.153. The molecule has 0 atom stereocenters. The molecule has 0 unspecified atom stereocenters. The Morgan fingerprint density at radius 2 is 2.04 bits per heavy atom. The van der Waals surface area contributed by atoms with Crippen molar-refractivity contribution in [2.45, 2.75) is 13.5 Å². The largest absolute Gasteiger partial charge is 0.334 e. The fraction of sp³-hybridized carbons (Fsp3) is 0.176. The first-order valence-corrected chi connectivity index (χ1v) is 8.43. The Hall–Kier alpha value is -2.11. The van der Waals surface area contributed by atoms with E-state index in [2.05, 4.69) is 4.98 Å². The van der Waals surface area contributed by atoms with Crippen molar-refractivity contribution in [1.82, 2.24) is 9.88 Å². The molecule has 3 aromatic rings. The average molecular weight is 347 g/mol. The predicted molar refractivity (Wildman–Crippen MR) is 94.3 cm³/mol. The molecule has 0 fully saturated rings. The Morgan fingerprint density at radius 1 is 1.26 bits per heavy atom. The first-order chi connectivity index (χ1) is 11.1. The van der Waals surface area contributed by atoms with Crippen LogP contribution < -0.4 is 5.56 Å². The number of carbonyl (C=O) groups excluding carboxylic acids is 1. The summed E-state index contributed by atoms with van der Waals surface area (Å²) < 4.78 is 0.699. The Labute approximate surface area is 142 Å². The molecule has 6 heteroatoms. The molecule has 1 N–H and O–H groups in total. The number of amides is 1. The maximum absolute atomic E-state index is 12.9. The van der Waals surface area contributed by atoms with Crippen molar-refractivity contribution in [2.75, 3.05) is 6.54 Å². The third kappa shape index (κ3) is 3.30. The number of halogens is 1. The number of thiophene rings is 1. The van der Waals surface area contributed by atoms with E-state index in [-0.39, 0.29) is 11.5 Å². The molecule has 2 heterocycles. The van der Waals surface area contributed by atoms with Crippen LogP contribution in [0.25, 0.3) is 10.9 Å². The lowest BCUT2D eigenvalue weighted by Crippen LogP contribution is -2.31. The normalized spacial score (nSPS) is 10.9. The number of rotatable bonds is 4. The van der Waals surface area contributed by atoms with E-state index in [0.717, 1.165) is 10.3 Å². The van der Waals surface area contributed by atoms with Crippen LogP contribution in [0, 0.1) is 0 Å². The van der Waals surface area contributed by atoms with Gasteiger partial charge in [0, 0.05) is 28.4 Å². The molecule has 118 valence electrons. The Morgan fingerprint density at radius 3 is 2.74 bits per heavy atom. The average Bonchev–Trinajstić information content (AvgIpc) is 2.96. The number of carbonyl (C=O) groups is 1. The monoisotopic (exact) mass is 346 g/mol. The van der Waals surface area contributed by atoms with Gasteiger partial charge in [0.1, 0.15) is 0 Å². The molecule has 1 amide bonds. The highest BCUT2D eigenvalue weighted by Crippen LogP contribution is 2.24. The van der Waals surface area contributed by atoms with Gasteiger partial charge in [-0.1, -0.05) is 29.8 Å². The van der Waals surface area contributed by atoms with E-state index >= 15 is 0 Å². The van der Waals surface area contributed by atoms with Crippen LogP contribution in [0.2, 0.25) is 4.34 Å². The van der Waals surface area contributed by atoms with Crippen LogP contribution in [-0.4, -0.2) is 22.3 Å². The summed E-state index contributed by atoms with van der Waals surface area (Å²) in [7, 11) is 0. The smallest absolute Gasteiger partial charge is 0.255 e. The predicted octanol–water partition coefficient (Wildman–Crippen LogP) is 3.91. The van der Waals surface area contributed by atoms with E-state index in [1.807, 2.05) is 37.3 Å². The number of hydrogen-bond donors (Lipinski definition) is 1. The molecule has 0 radical (unpaired) electrons. The number of nitrogens with zero attached hydrogens (tertiary/aromatic N) is 1. The molecular formula is C17H15ClN2O2S. The number of hydrogen-bond acceptors (Lipinski definition) is 3. The standard InChI is InChI=1S/C17H15ClN2O2S/c1-2-20(10-11-7-8-15(18)23-11)17(22)13-9-16(21)19-14-6-4-3-5-12(13)14/h3-9H,2,10H2,1H3,(H,19,21). The Bertz CT molecular complexity index is 916. The SMILES string of the molecule is CCN(Cc1ccc(Cl)s1)C(=O)c1cc(=O)[nH]c2ccccc12. The summed E-state index contributed by atoms with van der Waals surface area (Å²) in [6.45, 7) is 2.95. The van der Waals surface area contributed by atoms with Crippen LogP contribution in [0.4, 0.5) is 0 Å². The van der Waals surface area contributed by atoms with E-state index in [9.17, 15) is 9.59 Å². The zero-order chi connectivity index (χ0) is 16.4. The van der Waals surface area contributed by atoms with Crippen LogP contribution >= 0.6 is 22.9 Å². The molecule has 0 bridgehead atoms. The molecule has 3 rings (SSSR count). The fourth-order valence-electron chi connectivity index (χ4n) is 2.50. The minimum atomic E-state index is -0.276. The first kappa shape index (κ1) is 15.8. The van der Waals surface area contributed by atoms with Gasteiger partial charge < -0.3 is 9.88 Å². The summed E-state index contributed by atoms with van der Waals surface area (Å²) in [6, 6.07) is 12.4. The quantitative estimate of drug-likeness (QED) is 0.778. The van der Waals surface area contributed by atoms with Crippen molar-refractivity contribution in [1.29, 1.82) is 0 Å². The number of nitrogens with one attached hydrogen (secondary N) is 1. The second kappa shape index (κ2) is 6.56. The number of para-hydroxylation sites is 1. The van der Waals surface area contributed by atoms with E-state index < -0.39 is 0 Å². The molecule has 4 nitrogen and oxygen atoms in total. The van der Waals surface area contributed by atoms with Gasteiger partial charge in [0.15, 0.2) is 0 Å². The van der Waals surface area contributed by atoms with Gasteiger partial charge in [0.05, 0.1) is 16.4 Å². The van der Waals surface area contributed by atoms with Crippen molar-refractivity contribution in [3.63, 3.8) is 0 Å². The third-order valence-electron chi connectivity index (χ3n) is 3.63. The zero-order valence-electron chi connectivity index (χ0n) is 12.5. The Balaban J connectivity index is 1.99. The summed E-state index contributed by atoms with van der Waals surface area (Å²) in [4.78, 5) is 30.2. The molecular weight excluding hydrogens is 332 g/mol. The molecule has 0 aliphatic carbocycles. The van der Waals surface area contributed by atoms with Crippen molar-refractivity contribution < 1.29 is 4.79 Å². The highest BCUT2D eigenvalue weighted by atomic mass is 35.5. The van der Waals surface area contributed by atoms with Crippen molar-refractivity contribution >= 4 is 39.7 Å². The molecule has 0 saturated carbocycles. The van der Waals surface area contributed by atoms with Crippen LogP contribution in [-0.2, 0) is 6.54 Å². The minimum absolute atomic E-state index is 0.153. The van der Waals surface area contributed by atoms with Gasteiger partial charge in [-0.15, -0.1) is 11.3 Å². The van der Waals surface area contributed by atoms with Crippen LogP contribution in [0.15, 0.2) is 47.3 Å². The highest BCUT2D eigenvalue weighted by Gasteiger charge is 2.18. The molecule has 0 spiro atoms. The molecule has 23 heavy (non-hydrogen) atoms. The molecule has 1 aromatic carbocycles. The van der Waals surface area contributed by atoms with Crippen LogP contribution in [0.3, 0.4) is 0 Å². The van der Waals surface area contributed by atoms with E-state index in [4.69, 9.17) is 11.6 Å². The third-order valence-corrected chi connectivity index (χ3v) is 4.84. The summed E-state index contributed by atoms with van der Waals surface area (Å²) in [5.41, 5.74) is 0.815. The van der Waals surface area contributed by atoms with Gasteiger partial charge in [0.2, 0.25) is 5.56 Å². The van der Waals surface area contributed by atoms with Crippen LogP contribution in [0.1, 0.15) is 22.2 Å². The number of aromatic amines is 1. The number of pyridine rings is 1. The van der Waals surface area contributed by atoms with Gasteiger partial charge in [-0.25, -0.2) is 0 Å². The summed E-state index contributed by atoms with van der Waals surface area (Å²) >= 11 is 7.41. The number of benzene rings is 1. The van der Waals surface area contributed by atoms with Crippen LogP contribution in [0.5, 0.6) is 0 Å². The molecule has 2 aromatic heterocycles. The lowest BCUT2D eigenvalue weighted by Gasteiger charge is -2.21. The lowest BCUT2D eigenvalue weighted by atomic mass is 10.1. The maximum Gasteiger partial charge on any atom is 0.255 e. The lowest BCUT2D eigenvalue weighted by molar-refractivity contribution is 0.0756. The van der Waals surface area contributed by atoms with Crippen molar-refractivity contribution in [2.24, 2.45) is 0 Å².